The van der Waals surface area contributed by atoms with Crippen LogP contribution in [-0.2, 0) is 0 Å². The van der Waals surface area contributed by atoms with Crippen LogP contribution in [0.25, 0.3) is 44.3 Å². The van der Waals surface area contributed by atoms with Gasteiger partial charge in [-0.05, 0) is 54.4 Å². The van der Waals surface area contributed by atoms with Crippen LogP contribution in [0.15, 0.2) is 121 Å². The summed E-state index contributed by atoms with van der Waals surface area (Å²) in [4.78, 5) is 37.6. The Morgan fingerprint density at radius 3 is 1.67 bits per heavy atom. The van der Waals surface area contributed by atoms with Crippen molar-refractivity contribution in [3.63, 3.8) is 0 Å². The first-order chi connectivity index (χ1) is 23.2. The normalized spacial score (nSPS) is 18.8. The maximum atomic E-state index is 14.0. The summed E-state index contributed by atoms with van der Waals surface area (Å²) in [5.41, 5.74) is 6.03. The van der Waals surface area contributed by atoms with E-state index in [4.69, 9.17) is 9.97 Å². The summed E-state index contributed by atoms with van der Waals surface area (Å²) < 4.78 is 0. The third kappa shape index (κ3) is 6.56. The summed E-state index contributed by atoms with van der Waals surface area (Å²) in [5.74, 6) is -0.218. The predicted octanol–water partition coefficient (Wildman–Crippen LogP) is 8.86. The van der Waals surface area contributed by atoms with Gasteiger partial charge in [0.15, 0.2) is 0 Å². The summed E-state index contributed by atoms with van der Waals surface area (Å²) in [5, 5.41) is 8.34. The Morgan fingerprint density at radius 2 is 1.12 bits per heavy atom. The summed E-state index contributed by atoms with van der Waals surface area (Å²) in [6, 6.07) is 39.3. The van der Waals surface area contributed by atoms with Gasteiger partial charge in [-0.2, -0.15) is 0 Å². The van der Waals surface area contributed by atoms with E-state index in [9.17, 15) is 9.59 Å². The molecule has 0 saturated heterocycles. The number of para-hydroxylation sites is 2. The second-order valence-electron chi connectivity index (χ2n) is 14.3. The lowest BCUT2D eigenvalue weighted by molar-refractivity contribution is 0.0593. The van der Waals surface area contributed by atoms with Crippen molar-refractivity contribution in [3.8, 4) is 22.5 Å². The van der Waals surface area contributed by atoms with Crippen molar-refractivity contribution >= 4 is 33.6 Å². The topological polar surface area (TPSA) is 84.0 Å². The van der Waals surface area contributed by atoms with Crippen molar-refractivity contribution in [1.82, 2.24) is 20.6 Å². The van der Waals surface area contributed by atoms with E-state index < -0.39 is 0 Å². The molecule has 0 unspecified atom stereocenters. The molecule has 6 aromatic rings. The first kappa shape index (κ1) is 31.3. The van der Waals surface area contributed by atoms with E-state index in [1.807, 2.05) is 121 Å². The van der Waals surface area contributed by atoms with Crippen LogP contribution in [0.1, 0.15) is 60.7 Å². The van der Waals surface area contributed by atoms with E-state index in [2.05, 4.69) is 31.4 Å². The fourth-order valence-electron chi connectivity index (χ4n) is 7.76. The number of rotatable bonds is 7. The Hall–Kier alpha value is -5.36. The molecule has 2 amide bonds. The molecule has 2 atom stereocenters. The minimum atomic E-state index is -0.226. The lowest BCUT2D eigenvalue weighted by Crippen LogP contribution is -2.50. The average Bonchev–Trinajstić information content (AvgIpc) is 3.09. The number of aromatic nitrogens is 2. The maximum absolute atomic E-state index is 14.0. The number of benzene rings is 4. The molecule has 2 heterocycles. The van der Waals surface area contributed by atoms with E-state index in [1.54, 1.807) is 0 Å². The van der Waals surface area contributed by atoms with Crippen LogP contribution >= 0.6 is 0 Å². The van der Waals surface area contributed by atoms with E-state index in [-0.39, 0.29) is 28.7 Å². The molecule has 1 aliphatic carbocycles. The molecule has 2 aromatic heterocycles. The Labute approximate surface area is 281 Å². The first-order valence-corrected chi connectivity index (χ1v) is 16.7. The fourth-order valence-corrected chi connectivity index (χ4v) is 7.76. The summed E-state index contributed by atoms with van der Waals surface area (Å²) >= 11 is 0. The van der Waals surface area contributed by atoms with Crippen molar-refractivity contribution in [2.75, 3.05) is 6.54 Å². The molecule has 4 aromatic carbocycles. The smallest absolute Gasteiger partial charge is 0.252 e. The molecule has 0 bridgehead atoms. The van der Waals surface area contributed by atoms with Gasteiger partial charge < -0.3 is 10.6 Å². The zero-order chi connectivity index (χ0) is 33.3. The van der Waals surface area contributed by atoms with Crippen LogP contribution in [0.3, 0.4) is 0 Å². The molecule has 1 saturated carbocycles. The molecule has 240 valence electrons. The van der Waals surface area contributed by atoms with Crippen molar-refractivity contribution < 1.29 is 9.59 Å². The maximum Gasteiger partial charge on any atom is 0.252 e. The lowest BCUT2D eigenvalue weighted by Gasteiger charge is -2.47. The molecule has 0 radical (unpaired) electrons. The molecular weight excluding hydrogens is 592 g/mol. The molecule has 2 N–H and O–H groups in total. The van der Waals surface area contributed by atoms with Gasteiger partial charge in [0.05, 0.1) is 33.5 Å². The molecule has 1 fully saturated rings. The molecular formula is C42H40N4O2. The summed E-state index contributed by atoms with van der Waals surface area (Å²) in [7, 11) is 0. The van der Waals surface area contributed by atoms with Gasteiger partial charge >= 0.3 is 0 Å². The highest BCUT2D eigenvalue weighted by atomic mass is 16.2. The van der Waals surface area contributed by atoms with E-state index in [0.29, 0.717) is 17.7 Å². The third-order valence-corrected chi connectivity index (χ3v) is 9.52. The van der Waals surface area contributed by atoms with E-state index in [0.717, 1.165) is 63.6 Å². The SMILES string of the molecule is CC1(C)C[C@@H](NC(=O)c2cc(-c3ccccc3)nc3ccccc23)C[C@@](C)(CNC(=O)c2cc(-c3ccccc3)nc3ccccc23)C1. The number of hydrogen-bond donors (Lipinski definition) is 2. The predicted molar refractivity (Wildman–Crippen MR) is 194 cm³/mol. The fraction of sp³-hybridized carbons (Fsp3) is 0.238. The molecule has 6 heteroatoms. The highest BCUT2D eigenvalue weighted by molar-refractivity contribution is 6.08. The van der Waals surface area contributed by atoms with Gasteiger partial charge in [-0.15, -0.1) is 0 Å². The van der Waals surface area contributed by atoms with Crippen LogP contribution in [0.4, 0.5) is 0 Å². The van der Waals surface area contributed by atoms with Crippen LogP contribution < -0.4 is 10.6 Å². The van der Waals surface area contributed by atoms with Crippen LogP contribution in [-0.4, -0.2) is 34.4 Å². The highest BCUT2D eigenvalue weighted by Crippen LogP contribution is 2.46. The van der Waals surface area contributed by atoms with Gasteiger partial charge in [-0.1, -0.05) is 118 Å². The Kier molecular flexibility index (Phi) is 8.26. The monoisotopic (exact) mass is 632 g/mol. The lowest BCUT2D eigenvalue weighted by atomic mass is 9.62. The van der Waals surface area contributed by atoms with Crippen molar-refractivity contribution in [1.29, 1.82) is 0 Å². The van der Waals surface area contributed by atoms with Gasteiger partial charge in [0, 0.05) is 34.5 Å². The van der Waals surface area contributed by atoms with Gasteiger partial charge in [0.2, 0.25) is 0 Å². The minimum Gasteiger partial charge on any atom is -0.351 e. The Balaban J connectivity index is 1.12. The summed E-state index contributed by atoms with van der Waals surface area (Å²) in [6.45, 7) is 7.23. The highest BCUT2D eigenvalue weighted by Gasteiger charge is 2.42. The van der Waals surface area contributed by atoms with Crippen molar-refractivity contribution in [3.05, 3.63) is 132 Å². The van der Waals surface area contributed by atoms with Gasteiger partial charge in [0.1, 0.15) is 0 Å². The van der Waals surface area contributed by atoms with Crippen molar-refractivity contribution in [2.24, 2.45) is 10.8 Å². The number of amides is 2. The zero-order valence-electron chi connectivity index (χ0n) is 27.7. The summed E-state index contributed by atoms with van der Waals surface area (Å²) in [6.07, 6.45) is 2.53. The number of hydrogen-bond acceptors (Lipinski definition) is 4. The molecule has 48 heavy (non-hydrogen) atoms. The number of nitrogens with one attached hydrogen (secondary N) is 2. The Bertz CT molecular complexity index is 2130. The minimum absolute atomic E-state index is 0.0327. The van der Waals surface area contributed by atoms with Crippen LogP contribution in [0.2, 0.25) is 0 Å². The largest absolute Gasteiger partial charge is 0.351 e. The molecule has 6 nitrogen and oxygen atoms in total. The average molecular weight is 633 g/mol. The molecule has 0 spiro atoms. The van der Waals surface area contributed by atoms with Crippen molar-refractivity contribution in [2.45, 2.75) is 46.1 Å². The van der Waals surface area contributed by atoms with Crippen LogP contribution in [0, 0.1) is 10.8 Å². The second kappa shape index (κ2) is 12.7. The number of pyridine rings is 2. The zero-order valence-corrected chi connectivity index (χ0v) is 27.7. The van der Waals surface area contributed by atoms with Gasteiger partial charge in [-0.3, -0.25) is 9.59 Å². The van der Waals surface area contributed by atoms with E-state index in [1.165, 1.54) is 0 Å². The number of nitrogens with zero attached hydrogens (tertiary/aromatic N) is 2. The third-order valence-electron chi connectivity index (χ3n) is 9.52. The molecule has 0 aliphatic heterocycles. The van der Waals surface area contributed by atoms with E-state index >= 15 is 0 Å². The van der Waals surface area contributed by atoms with Gasteiger partial charge in [0.25, 0.3) is 11.8 Å². The number of carbonyl (C=O) groups excluding carboxylic acids is 2. The molecule has 1 aliphatic rings. The molecule has 7 rings (SSSR count). The second-order valence-corrected chi connectivity index (χ2v) is 14.3. The first-order valence-electron chi connectivity index (χ1n) is 16.7. The van der Waals surface area contributed by atoms with Crippen LogP contribution in [0.5, 0.6) is 0 Å². The van der Waals surface area contributed by atoms with Gasteiger partial charge in [-0.25, -0.2) is 9.97 Å². The Morgan fingerprint density at radius 1 is 0.646 bits per heavy atom. The quantitative estimate of drug-likeness (QED) is 0.184. The number of fused-ring (bicyclic) bond motifs is 2. The standard InChI is InChI=1S/C42H40N4O2/c1-41(2)24-30(44-40(48)34-23-38(29-16-8-5-9-17-29)46-36-21-13-11-19-32(34)36)25-42(3,26-41)27-43-39(47)33-22-37(28-14-6-4-7-15-28)45-35-20-12-10-18-31(33)35/h4-23,30H,24-27H2,1-3H3,(H,43,47)(H,44,48)/t30-,42-/m1/s1. The number of carbonyl (C=O) groups is 2.